The van der Waals surface area contributed by atoms with Crippen LogP contribution in [0.15, 0.2) is 11.1 Å². The maximum atomic E-state index is 13.5. The Kier molecular flexibility index (Phi) is 23.8. The van der Waals surface area contributed by atoms with Crippen LogP contribution < -0.4 is 17.0 Å². The van der Waals surface area contributed by atoms with Crippen molar-refractivity contribution in [1.29, 1.82) is 0 Å². The van der Waals surface area contributed by atoms with E-state index in [1.165, 1.54) is 101 Å². The van der Waals surface area contributed by atoms with Gasteiger partial charge in [-0.15, -0.1) is 0 Å². The van der Waals surface area contributed by atoms with Crippen LogP contribution >= 0.6 is 0 Å². The van der Waals surface area contributed by atoms with E-state index in [1.807, 2.05) is 0 Å². The molecule has 3 rings (SSSR count). The van der Waals surface area contributed by atoms with Gasteiger partial charge in [0.25, 0.3) is 5.56 Å². The number of fused-ring (bicyclic) bond motifs is 1. The van der Waals surface area contributed by atoms with E-state index in [2.05, 4.69) is 28.8 Å². The third-order valence-electron chi connectivity index (χ3n) is 10.9. The van der Waals surface area contributed by atoms with Gasteiger partial charge in [-0.25, -0.2) is 4.98 Å². The van der Waals surface area contributed by atoms with Crippen LogP contribution in [0, 0.1) is 0 Å². The topological polar surface area (TPSA) is 241 Å². The van der Waals surface area contributed by atoms with Crippen LogP contribution in [0.5, 0.6) is 0 Å². The second-order valence-corrected chi connectivity index (χ2v) is 16.0. The largest absolute Gasteiger partial charge is 0.481 e. The number of aromatic amines is 1. The van der Waals surface area contributed by atoms with E-state index < -0.39 is 66.6 Å². The molecule has 6 N–H and O–H groups in total. The standard InChI is InChI=1S/C43H72N6O10/c1-3-5-7-9-11-13-15-17-19-21-23-25-34(52)58-37-32(29-56-42(55)31(44)27-28-33(50)51)57-41(49-30-46-36-39(49)47-43(45)48-40(36)54)38(37)59-35(53)26-24-22-20-18-16-14-12-10-8-6-4-2/h30-32,37-38,41H,3-29,44H2,1-2H3,(H,50,51)(H3,45,47,48,54)/t31-,32+,37+,38+,41+/m0/s1. The van der Waals surface area contributed by atoms with Crippen molar-refractivity contribution >= 4 is 41.0 Å². The molecule has 2 aromatic heterocycles. The van der Waals surface area contributed by atoms with Crippen molar-refractivity contribution in [3.63, 3.8) is 0 Å². The maximum Gasteiger partial charge on any atom is 0.323 e. The van der Waals surface area contributed by atoms with Crippen molar-refractivity contribution in [2.24, 2.45) is 5.73 Å². The zero-order chi connectivity index (χ0) is 42.8. The molecule has 0 radical (unpaired) electrons. The lowest BCUT2D eigenvalue weighted by atomic mass is 10.1. The van der Waals surface area contributed by atoms with E-state index in [0.717, 1.165) is 38.5 Å². The average molecular weight is 833 g/mol. The van der Waals surface area contributed by atoms with E-state index in [1.54, 1.807) is 0 Å². The summed E-state index contributed by atoms with van der Waals surface area (Å²) in [5, 5.41) is 9.04. The van der Waals surface area contributed by atoms with Crippen LogP contribution in [0.3, 0.4) is 0 Å². The molecule has 1 aliphatic heterocycles. The zero-order valence-electron chi connectivity index (χ0n) is 35.7. The highest BCUT2D eigenvalue weighted by Crippen LogP contribution is 2.36. The van der Waals surface area contributed by atoms with Gasteiger partial charge in [-0.3, -0.25) is 33.5 Å². The molecule has 3 heterocycles. The van der Waals surface area contributed by atoms with E-state index in [9.17, 15) is 24.0 Å². The summed E-state index contributed by atoms with van der Waals surface area (Å²) < 4.78 is 25.3. The quantitative estimate of drug-likeness (QED) is 0.0308. The predicted octanol–water partition coefficient (Wildman–Crippen LogP) is 7.56. The zero-order valence-corrected chi connectivity index (χ0v) is 35.7. The number of carboxylic acids is 1. The molecule has 0 bridgehead atoms. The van der Waals surface area contributed by atoms with Crippen LogP contribution in [-0.4, -0.2) is 79.5 Å². The van der Waals surface area contributed by atoms with Gasteiger partial charge in [0.15, 0.2) is 29.6 Å². The van der Waals surface area contributed by atoms with Crippen molar-refractivity contribution in [1.82, 2.24) is 19.5 Å². The first-order valence-electron chi connectivity index (χ1n) is 22.5. The molecule has 0 spiro atoms. The minimum atomic E-state index is -1.25. The molecule has 0 aromatic carbocycles. The molecule has 2 aromatic rings. The highest BCUT2D eigenvalue weighted by Gasteiger charge is 2.51. The van der Waals surface area contributed by atoms with Crippen LogP contribution in [0.2, 0.25) is 0 Å². The molecule has 334 valence electrons. The number of nitrogens with zero attached hydrogens (tertiary/aromatic N) is 3. The number of ether oxygens (including phenoxy) is 4. The molecule has 0 saturated carbocycles. The Morgan fingerprint density at radius 1 is 0.763 bits per heavy atom. The number of hydrogen-bond donors (Lipinski definition) is 4. The van der Waals surface area contributed by atoms with Crippen molar-refractivity contribution in [3.8, 4) is 0 Å². The van der Waals surface area contributed by atoms with E-state index in [0.29, 0.717) is 12.8 Å². The summed E-state index contributed by atoms with van der Waals surface area (Å²) in [7, 11) is 0. The summed E-state index contributed by atoms with van der Waals surface area (Å²) in [6.45, 7) is 3.97. The lowest BCUT2D eigenvalue weighted by Crippen LogP contribution is -2.42. The number of carbonyl (C=O) groups excluding carboxylic acids is 3. The van der Waals surface area contributed by atoms with E-state index >= 15 is 0 Å². The summed E-state index contributed by atoms with van der Waals surface area (Å²) in [5.74, 6) is -3.23. The second kappa shape index (κ2) is 28.4. The number of carbonyl (C=O) groups is 4. The molecule has 0 amide bonds. The van der Waals surface area contributed by atoms with Gasteiger partial charge in [-0.2, -0.15) is 4.98 Å². The summed E-state index contributed by atoms with van der Waals surface area (Å²) >= 11 is 0. The lowest BCUT2D eigenvalue weighted by molar-refractivity contribution is -0.169. The molecule has 59 heavy (non-hydrogen) atoms. The van der Waals surface area contributed by atoms with Gasteiger partial charge in [0, 0.05) is 19.3 Å². The molecule has 16 heteroatoms. The molecule has 5 atom stereocenters. The maximum absolute atomic E-state index is 13.5. The number of carboxylic acid groups (broad SMARTS) is 1. The average Bonchev–Trinajstić information content (AvgIpc) is 3.77. The highest BCUT2D eigenvalue weighted by molar-refractivity contribution is 5.77. The molecule has 16 nitrogen and oxygen atoms in total. The summed E-state index contributed by atoms with van der Waals surface area (Å²) in [4.78, 5) is 74.3. The van der Waals surface area contributed by atoms with Gasteiger partial charge in [0.1, 0.15) is 18.8 Å². The first kappa shape index (κ1) is 49.3. The monoisotopic (exact) mass is 833 g/mol. The van der Waals surface area contributed by atoms with Crippen molar-refractivity contribution < 1.29 is 43.2 Å². The number of aliphatic carboxylic acids is 1. The van der Waals surface area contributed by atoms with Gasteiger partial charge < -0.3 is 35.5 Å². The fraction of sp³-hybridized carbons (Fsp3) is 0.791. The number of H-pyrrole nitrogens is 1. The molecule has 1 saturated heterocycles. The van der Waals surface area contributed by atoms with Gasteiger partial charge >= 0.3 is 23.9 Å². The molecular weight excluding hydrogens is 761 g/mol. The Labute approximate surface area is 349 Å². The van der Waals surface area contributed by atoms with Gasteiger partial charge in [0.05, 0.1) is 6.33 Å². The number of anilines is 1. The van der Waals surface area contributed by atoms with Crippen LogP contribution in [0.25, 0.3) is 11.2 Å². The smallest absolute Gasteiger partial charge is 0.323 e. The Hall–Kier alpha value is -4.05. The van der Waals surface area contributed by atoms with Crippen molar-refractivity contribution in [3.05, 3.63) is 16.7 Å². The van der Waals surface area contributed by atoms with Crippen molar-refractivity contribution in [2.75, 3.05) is 12.3 Å². The third kappa shape index (κ3) is 18.4. The summed E-state index contributed by atoms with van der Waals surface area (Å²) in [6, 6.07) is -1.22. The van der Waals surface area contributed by atoms with Gasteiger partial charge in [0.2, 0.25) is 5.95 Å². The van der Waals surface area contributed by atoms with Crippen LogP contribution in [-0.2, 0) is 38.1 Å². The minimum Gasteiger partial charge on any atom is -0.481 e. The number of nitrogen functional groups attached to an aromatic ring is 1. The summed E-state index contributed by atoms with van der Waals surface area (Å²) in [6.07, 6.45) is 20.8. The Balaban J connectivity index is 1.71. The number of nitrogens with one attached hydrogen (secondary N) is 1. The molecule has 1 aliphatic rings. The van der Waals surface area contributed by atoms with E-state index in [4.69, 9.17) is 35.5 Å². The second-order valence-electron chi connectivity index (χ2n) is 16.0. The molecular formula is C43H72N6O10. The fourth-order valence-corrected chi connectivity index (χ4v) is 7.42. The Morgan fingerprint density at radius 2 is 1.24 bits per heavy atom. The number of rotatable bonds is 33. The highest BCUT2D eigenvalue weighted by atomic mass is 16.7. The number of unbranched alkanes of at least 4 members (excludes halogenated alkanes) is 20. The molecule has 1 fully saturated rings. The number of imidazole rings is 1. The first-order chi connectivity index (χ1) is 28.5. The number of hydrogen-bond acceptors (Lipinski definition) is 13. The third-order valence-corrected chi connectivity index (χ3v) is 10.9. The van der Waals surface area contributed by atoms with Gasteiger partial charge in [-0.1, -0.05) is 142 Å². The number of esters is 3. The first-order valence-corrected chi connectivity index (χ1v) is 22.5. The predicted molar refractivity (Wildman–Crippen MR) is 224 cm³/mol. The van der Waals surface area contributed by atoms with Crippen LogP contribution in [0.4, 0.5) is 5.95 Å². The van der Waals surface area contributed by atoms with Crippen molar-refractivity contribution in [2.45, 2.75) is 211 Å². The fourth-order valence-electron chi connectivity index (χ4n) is 7.42. The Bertz CT molecular complexity index is 1600. The van der Waals surface area contributed by atoms with Crippen LogP contribution in [0.1, 0.15) is 187 Å². The Morgan fingerprint density at radius 3 is 1.73 bits per heavy atom. The number of nitrogens with two attached hydrogens (primary N) is 2. The lowest BCUT2D eigenvalue weighted by Gasteiger charge is -2.25. The summed E-state index contributed by atoms with van der Waals surface area (Å²) in [5.41, 5.74) is 11.2. The van der Waals surface area contributed by atoms with E-state index in [-0.39, 0.29) is 42.8 Å². The minimum absolute atomic E-state index is 0.0434. The molecule has 0 aliphatic carbocycles. The van der Waals surface area contributed by atoms with Gasteiger partial charge in [-0.05, 0) is 19.3 Å². The SMILES string of the molecule is CCCCCCCCCCCCCC(=O)O[C@@H]1[C@H](OC(=O)CCCCCCCCCCCCC)[C@@H](COC(=O)[C@@H](N)CCC(=O)O)O[C@H]1n1cnc2c(=O)[nH]c(N)nc21. The molecule has 0 unspecified atom stereocenters. The normalized spacial score (nSPS) is 18.2. The number of aromatic nitrogens is 4.